The summed E-state index contributed by atoms with van der Waals surface area (Å²) in [5.41, 5.74) is 1.41. The Kier molecular flexibility index (Phi) is 4.65. The fourth-order valence-corrected chi connectivity index (χ4v) is 1.76. The zero-order valence-corrected chi connectivity index (χ0v) is 9.47. The molecule has 1 aromatic rings. The molecule has 0 aromatic heterocycles. The molecule has 84 valence electrons. The smallest absolute Gasteiger partial charge is 0.405 e. The van der Waals surface area contributed by atoms with E-state index in [1.54, 1.807) is 0 Å². The Morgan fingerprint density at radius 2 is 1.88 bits per heavy atom. The maximum Gasteiger partial charge on any atom is 0.485 e. The Bertz CT molecular complexity index is 318. The van der Waals surface area contributed by atoms with Gasteiger partial charge in [-0.05, 0) is 24.8 Å². The summed E-state index contributed by atoms with van der Waals surface area (Å²) in [6.45, 7) is 1.44. The molecule has 0 amide bonds. The molecular formula is C13H17BO2. The Morgan fingerprint density at radius 1 is 1.12 bits per heavy atom. The molecule has 1 fully saturated rings. The van der Waals surface area contributed by atoms with E-state index in [2.05, 4.69) is 36.4 Å². The molecule has 1 aromatic carbocycles. The van der Waals surface area contributed by atoms with Gasteiger partial charge in [0, 0.05) is 0 Å². The lowest BCUT2D eigenvalue weighted by Crippen LogP contribution is -2.09. The van der Waals surface area contributed by atoms with E-state index < -0.39 is 0 Å². The molecule has 0 bridgehead atoms. The summed E-state index contributed by atoms with van der Waals surface area (Å²) in [7, 11) is -0.100. The molecule has 2 rings (SSSR count). The zero-order chi connectivity index (χ0) is 11.1. The van der Waals surface area contributed by atoms with Crippen molar-refractivity contribution in [3.8, 4) is 0 Å². The number of aryl methyl sites for hydroxylation is 1. The molecule has 0 saturated carbocycles. The molecule has 0 unspecified atom stereocenters. The molecule has 2 nitrogen and oxygen atoms in total. The van der Waals surface area contributed by atoms with Crippen molar-refractivity contribution in [1.82, 2.24) is 0 Å². The number of hydrogen-bond acceptors (Lipinski definition) is 2. The fourth-order valence-electron chi connectivity index (χ4n) is 1.76. The van der Waals surface area contributed by atoms with Crippen LogP contribution in [-0.4, -0.2) is 20.3 Å². The monoisotopic (exact) mass is 216 g/mol. The number of benzene rings is 1. The van der Waals surface area contributed by atoms with Crippen molar-refractivity contribution in [2.45, 2.75) is 19.3 Å². The maximum absolute atomic E-state index is 5.31. The number of hydrogen-bond donors (Lipinski definition) is 0. The molecule has 1 aliphatic rings. The van der Waals surface area contributed by atoms with Crippen LogP contribution in [0.2, 0.25) is 0 Å². The SMILES string of the molecule is C(=C\B1OCCO1)/CCCc1ccccc1. The molecule has 1 saturated heterocycles. The number of unbranched alkanes of at least 4 members (excludes halogenated alkanes) is 1. The number of rotatable bonds is 5. The first-order valence-corrected chi connectivity index (χ1v) is 5.89. The van der Waals surface area contributed by atoms with Crippen LogP contribution in [0.3, 0.4) is 0 Å². The highest BCUT2D eigenvalue weighted by Crippen LogP contribution is 2.06. The van der Waals surface area contributed by atoms with Crippen LogP contribution in [0, 0.1) is 0 Å². The third kappa shape index (κ3) is 3.84. The minimum absolute atomic E-state index is 0.100. The van der Waals surface area contributed by atoms with Gasteiger partial charge in [0.1, 0.15) is 0 Å². The van der Waals surface area contributed by atoms with Gasteiger partial charge in [-0.2, -0.15) is 0 Å². The maximum atomic E-state index is 5.31. The van der Waals surface area contributed by atoms with E-state index in [4.69, 9.17) is 9.31 Å². The third-order valence-corrected chi connectivity index (χ3v) is 2.62. The van der Waals surface area contributed by atoms with Crippen molar-refractivity contribution < 1.29 is 9.31 Å². The molecule has 0 aliphatic carbocycles. The van der Waals surface area contributed by atoms with Crippen molar-refractivity contribution >= 4 is 7.12 Å². The molecular weight excluding hydrogens is 199 g/mol. The Labute approximate surface area is 97.4 Å². The standard InChI is InChI=1S/C13H17BO2/c1-3-7-13(8-4-1)9-5-2-6-10-14-15-11-12-16-14/h1,3-4,6-8,10H,2,5,9,11-12H2/b10-6+. The topological polar surface area (TPSA) is 18.5 Å². The summed E-state index contributed by atoms with van der Waals surface area (Å²) in [5.74, 6) is 2.01. The zero-order valence-electron chi connectivity index (χ0n) is 9.47. The summed E-state index contributed by atoms with van der Waals surface area (Å²) in [4.78, 5) is 0. The van der Waals surface area contributed by atoms with Gasteiger partial charge in [-0.1, -0.05) is 42.4 Å². The molecule has 0 N–H and O–H groups in total. The van der Waals surface area contributed by atoms with Gasteiger partial charge in [0.2, 0.25) is 0 Å². The number of allylic oxidation sites excluding steroid dienone is 1. The lowest BCUT2D eigenvalue weighted by atomic mass is 9.90. The van der Waals surface area contributed by atoms with Crippen molar-refractivity contribution in [2.75, 3.05) is 13.2 Å². The molecule has 0 radical (unpaired) electrons. The van der Waals surface area contributed by atoms with E-state index in [0.29, 0.717) is 0 Å². The van der Waals surface area contributed by atoms with Crippen LogP contribution in [0.4, 0.5) is 0 Å². The van der Waals surface area contributed by atoms with E-state index in [1.165, 1.54) is 12.0 Å². The van der Waals surface area contributed by atoms with Gasteiger partial charge in [-0.25, -0.2) is 0 Å². The Morgan fingerprint density at radius 3 is 2.62 bits per heavy atom. The highest BCUT2D eigenvalue weighted by Gasteiger charge is 2.18. The predicted octanol–water partition coefficient (Wildman–Crippen LogP) is 2.64. The Balaban J connectivity index is 1.61. The molecule has 0 spiro atoms. The summed E-state index contributed by atoms with van der Waals surface area (Å²) >= 11 is 0. The van der Waals surface area contributed by atoms with Gasteiger partial charge < -0.3 is 9.31 Å². The van der Waals surface area contributed by atoms with Crippen molar-refractivity contribution in [2.24, 2.45) is 0 Å². The van der Waals surface area contributed by atoms with E-state index in [1.807, 2.05) is 5.98 Å². The van der Waals surface area contributed by atoms with Crippen LogP contribution in [0.25, 0.3) is 0 Å². The summed E-state index contributed by atoms with van der Waals surface area (Å²) in [5, 5.41) is 0. The van der Waals surface area contributed by atoms with E-state index in [-0.39, 0.29) is 7.12 Å². The van der Waals surface area contributed by atoms with Gasteiger partial charge in [0.05, 0.1) is 13.2 Å². The lowest BCUT2D eigenvalue weighted by molar-refractivity contribution is 0.365. The van der Waals surface area contributed by atoms with Gasteiger partial charge in [-0.15, -0.1) is 0 Å². The quantitative estimate of drug-likeness (QED) is 0.556. The Hall–Kier alpha value is -1.06. The molecule has 1 aliphatic heterocycles. The molecule has 0 atom stereocenters. The minimum Gasteiger partial charge on any atom is -0.405 e. The normalized spacial score (nSPS) is 16.1. The average molecular weight is 216 g/mol. The van der Waals surface area contributed by atoms with Gasteiger partial charge in [0.15, 0.2) is 0 Å². The molecule has 16 heavy (non-hydrogen) atoms. The second-order valence-corrected chi connectivity index (χ2v) is 3.92. The minimum atomic E-state index is -0.100. The van der Waals surface area contributed by atoms with Crippen LogP contribution in [0.1, 0.15) is 18.4 Å². The summed E-state index contributed by atoms with van der Waals surface area (Å²) in [6.07, 6.45) is 5.54. The highest BCUT2D eigenvalue weighted by molar-refractivity contribution is 6.51. The van der Waals surface area contributed by atoms with Crippen LogP contribution in [0.5, 0.6) is 0 Å². The van der Waals surface area contributed by atoms with Crippen molar-refractivity contribution in [3.63, 3.8) is 0 Å². The first-order valence-electron chi connectivity index (χ1n) is 5.89. The van der Waals surface area contributed by atoms with Crippen LogP contribution in [0.15, 0.2) is 42.4 Å². The average Bonchev–Trinajstić information content (AvgIpc) is 2.83. The first-order chi connectivity index (χ1) is 7.95. The highest BCUT2D eigenvalue weighted by atomic mass is 16.6. The second kappa shape index (κ2) is 6.51. The van der Waals surface area contributed by atoms with Crippen LogP contribution < -0.4 is 0 Å². The van der Waals surface area contributed by atoms with Gasteiger partial charge in [-0.3, -0.25) is 0 Å². The van der Waals surface area contributed by atoms with Gasteiger partial charge >= 0.3 is 7.12 Å². The van der Waals surface area contributed by atoms with Crippen LogP contribution >= 0.6 is 0 Å². The fraction of sp³-hybridized carbons (Fsp3) is 0.385. The van der Waals surface area contributed by atoms with E-state index in [9.17, 15) is 0 Å². The third-order valence-electron chi connectivity index (χ3n) is 2.62. The van der Waals surface area contributed by atoms with E-state index >= 15 is 0 Å². The van der Waals surface area contributed by atoms with Gasteiger partial charge in [0.25, 0.3) is 0 Å². The second-order valence-electron chi connectivity index (χ2n) is 3.92. The lowest BCUT2D eigenvalue weighted by Gasteiger charge is -1.98. The van der Waals surface area contributed by atoms with E-state index in [0.717, 1.165) is 26.1 Å². The molecule has 3 heteroatoms. The van der Waals surface area contributed by atoms with Crippen molar-refractivity contribution in [3.05, 3.63) is 47.9 Å². The molecule has 1 heterocycles. The van der Waals surface area contributed by atoms with Crippen LogP contribution in [-0.2, 0) is 15.7 Å². The first kappa shape index (κ1) is 11.4. The van der Waals surface area contributed by atoms with Crippen molar-refractivity contribution in [1.29, 1.82) is 0 Å². The summed E-state index contributed by atoms with van der Waals surface area (Å²) in [6, 6.07) is 10.6. The summed E-state index contributed by atoms with van der Waals surface area (Å²) < 4.78 is 10.6. The largest absolute Gasteiger partial charge is 0.485 e. The predicted molar refractivity (Wildman–Crippen MR) is 66.2 cm³/mol.